The topological polar surface area (TPSA) is 36.4 Å². The Labute approximate surface area is 131 Å². The van der Waals surface area contributed by atoms with E-state index in [1.807, 2.05) is 7.05 Å². The van der Waals surface area contributed by atoms with Gasteiger partial charge in [-0.2, -0.15) is 0 Å². The molecule has 1 N–H and O–H groups in total. The zero-order chi connectivity index (χ0) is 15.6. The molecule has 0 spiro atoms. The van der Waals surface area contributed by atoms with Gasteiger partial charge in [-0.3, -0.25) is 0 Å². The van der Waals surface area contributed by atoms with Gasteiger partial charge >= 0.3 is 0 Å². The van der Waals surface area contributed by atoms with Crippen molar-refractivity contribution in [2.24, 2.45) is 0 Å². The largest absolute Gasteiger partial charge is 0.391 e. The number of aryl methyl sites for hydroxylation is 2. The lowest BCUT2D eigenvalue weighted by molar-refractivity contribution is 0.283. The number of nitrogens with zero attached hydrogens (tertiary/aromatic N) is 2. The Morgan fingerprint density at radius 1 is 1.24 bits per heavy atom. The van der Waals surface area contributed by atoms with E-state index in [0.717, 1.165) is 27.8 Å². The number of aliphatic hydroxyl groups excluding tert-OH is 1. The van der Waals surface area contributed by atoms with E-state index in [2.05, 4.69) is 50.8 Å². The van der Waals surface area contributed by atoms with E-state index < -0.39 is 0 Å². The monoisotopic (exact) mass is 304 g/mol. The van der Waals surface area contributed by atoms with Crippen molar-refractivity contribution in [2.45, 2.75) is 46.6 Å². The van der Waals surface area contributed by atoms with Crippen molar-refractivity contribution in [2.75, 3.05) is 11.9 Å². The zero-order valence-electron chi connectivity index (χ0n) is 13.5. The number of benzene rings is 1. The quantitative estimate of drug-likeness (QED) is 0.881. The molecule has 0 saturated heterocycles. The van der Waals surface area contributed by atoms with Crippen LogP contribution in [0.5, 0.6) is 0 Å². The number of hydrogen-bond donors (Lipinski definition) is 1. The molecule has 1 unspecified atom stereocenters. The van der Waals surface area contributed by atoms with Crippen LogP contribution in [0.1, 0.15) is 47.9 Å². The molecule has 114 valence electrons. The number of aromatic nitrogens is 1. The molecule has 0 saturated carbocycles. The highest BCUT2D eigenvalue weighted by molar-refractivity contribution is 7.15. The molecule has 3 nitrogen and oxygen atoms in total. The van der Waals surface area contributed by atoms with Crippen molar-refractivity contribution in [3.05, 3.63) is 39.9 Å². The molecule has 0 radical (unpaired) electrons. The molecule has 21 heavy (non-hydrogen) atoms. The van der Waals surface area contributed by atoms with Crippen LogP contribution in [0.25, 0.3) is 0 Å². The highest BCUT2D eigenvalue weighted by Crippen LogP contribution is 2.35. The first kappa shape index (κ1) is 16.0. The van der Waals surface area contributed by atoms with Crippen LogP contribution in [-0.2, 0) is 6.61 Å². The number of anilines is 2. The van der Waals surface area contributed by atoms with Crippen molar-refractivity contribution < 1.29 is 5.11 Å². The molecule has 0 aliphatic carbocycles. The van der Waals surface area contributed by atoms with E-state index in [4.69, 9.17) is 4.98 Å². The van der Waals surface area contributed by atoms with Crippen LogP contribution in [0.2, 0.25) is 0 Å². The van der Waals surface area contributed by atoms with E-state index in [1.165, 1.54) is 11.1 Å². The summed E-state index contributed by atoms with van der Waals surface area (Å²) in [5.74, 6) is 0.379. The zero-order valence-corrected chi connectivity index (χ0v) is 14.3. The minimum absolute atomic E-state index is 0.0675. The third-order valence-corrected chi connectivity index (χ3v) is 4.95. The summed E-state index contributed by atoms with van der Waals surface area (Å²) in [7, 11) is 2.04. The van der Waals surface area contributed by atoms with Crippen molar-refractivity contribution >= 4 is 22.2 Å². The van der Waals surface area contributed by atoms with Gasteiger partial charge in [-0.25, -0.2) is 4.98 Å². The molecule has 0 fully saturated rings. The highest BCUT2D eigenvalue weighted by atomic mass is 32.1. The average Bonchev–Trinajstić information content (AvgIpc) is 2.88. The fourth-order valence-corrected chi connectivity index (χ4v) is 3.46. The van der Waals surface area contributed by atoms with Crippen LogP contribution in [0.15, 0.2) is 18.2 Å². The Bertz CT molecular complexity index is 601. The van der Waals surface area contributed by atoms with Crippen LogP contribution in [0, 0.1) is 13.8 Å². The number of thiazole rings is 1. The summed E-state index contributed by atoms with van der Waals surface area (Å²) in [5, 5.41) is 10.5. The molecule has 1 aromatic heterocycles. The van der Waals surface area contributed by atoms with Crippen LogP contribution in [0.3, 0.4) is 0 Å². The van der Waals surface area contributed by atoms with Gasteiger partial charge in [0.05, 0.1) is 17.2 Å². The van der Waals surface area contributed by atoms with Gasteiger partial charge in [-0.15, -0.1) is 0 Å². The fraction of sp³-hybridized carbons (Fsp3) is 0.471. The average molecular weight is 304 g/mol. The molecular weight excluding hydrogens is 280 g/mol. The third kappa shape index (κ3) is 3.44. The van der Waals surface area contributed by atoms with E-state index >= 15 is 0 Å². The molecule has 0 aliphatic heterocycles. The summed E-state index contributed by atoms with van der Waals surface area (Å²) in [6.07, 6.45) is 1.03. The van der Waals surface area contributed by atoms with Crippen LogP contribution in [-0.4, -0.2) is 17.1 Å². The molecule has 0 amide bonds. The minimum Gasteiger partial charge on any atom is -0.391 e. The second-order valence-corrected chi connectivity index (χ2v) is 6.74. The molecule has 2 aromatic rings. The molecule has 2 rings (SSSR count). The fourth-order valence-electron chi connectivity index (χ4n) is 2.44. The number of rotatable bonds is 5. The third-order valence-electron chi connectivity index (χ3n) is 3.82. The van der Waals surface area contributed by atoms with Gasteiger partial charge in [-0.1, -0.05) is 31.3 Å². The van der Waals surface area contributed by atoms with Gasteiger partial charge in [0.25, 0.3) is 0 Å². The second kappa shape index (κ2) is 6.58. The SMILES string of the molecule is CCC(C)c1nc(N(C)c2cc(C)cc(C)c2)sc1CO. The first-order valence-electron chi connectivity index (χ1n) is 7.38. The van der Waals surface area contributed by atoms with Crippen LogP contribution >= 0.6 is 11.3 Å². The van der Waals surface area contributed by atoms with E-state index in [1.54, 1.807) is 11.3 Å². The molecule has 1 aromatic carbocycles. The summed E-state index contributed by atoms with van der Waals surface area (Å²) in [6.45, 7) is 8.59. The Morgan fingerprint density at radius 2 is 1.86 bits per heavy atom. The highest BCUT2D eigenvalue weighted by Gasteiger charge is 2.18. The van der Waals surface area contributed by atoms with Crippen molar-refractivity contribution in [1.82, 2.24) is 4.98 Å². The maximum absolute atomic E-state index is 9.57. The van der Waals surface area contributed by atoms with Crippen LogP contribution in [0.4, 0.5) is 10.8 Å². The summed E-state index contributed by atoms with van der Waals surface area (Å²) in [4.78, 5) is 7.86. The predicted octanol–water partition coefficient (Wildman–Crippen LogP) is 4.53. The maximum Gasteiger partial charge on any atom is 0.190 e. The second-order valence-electron chi connectivity index (χ2n) is 5.68. The summed E-state index contributed by atoms with van der Waals surface area (Å²) >= 11 is 1.58. The normalized spacial score (nSPS) is 12.5. The standard InChI is InChI=1S/C17H24N2OS/c1-6-13(4)16-15(10-20)21-17(18-16)19(5)14-8-11(2)7-12(3)9-14/h7-9,13,20H,6,10H2,1-5H3. The Morgan fingerprint density at radius 3 is 2.38 bits per heavy atom. The first-order valence-corrected chi connectivity index (χ1v) is 8.20. The van der Waals surface area contributed by atoms with E-state index in [9.17, 15) is 5.11 Å². The lowest BCUT2D eigenvalue weighted by Crippen LogP contribution is -2.10. The molecule has 1 heterocycles. The van der Waals surface area contributed by atoms with Crippen molar-refractivity contribution in [1.29, 1.82) is 0 Å². The Hall–Kier alpha value is -1.39. The maximum atomic E-state index is 9.57. The lowest BCUT2D eigenvalue weighted by Gasteiger charge is -2.17. The smallest absolute Gasteiger partial charge is 0.190 e. The summed E-state index contributed by atoms with van der Waals surface area (Å²) in [6, 6.07) is 6.49. The first-order chi connectivity index (χ1) is 9.96. The Balaban J connectivity index is 2.39. The minimum atomic E-state index is 0.0675. The summed E-state index contributed by atoms with van der Waals surface area (Å²) in [5.41, 5.74) is 4.67. The predicted molar refractivity (Wildman–Crippen MR) is 90.7 cm³/mol. The van der Waals surface area contributed by atoms with Gasteiger partial charge in [0.2, 0.25) is 0 Å². The van der Waals surface area contributed by atoms with Crippen molar-refractivity contribution in [3.63, 3.8) is 0 Å². The molecule has 1 atom stereocenters. The summed E-state index contributed by atoms with van der Waals surface area (Å²) < 4.78 is 0. The van der Waals surface area contributed by atoms with E-state index in [-0.39, 0.29) is 6.61 Å². The van der Waals surface area contributed by atoms with Gasteiger partial charge in [0.15, 0.2) is 5.13 Å². The lowest BCUT2D eigenvalue weighted by atomic mass is 10.0. The number of hydrogen-bond acceptors (Lipinski definition) is 4. The van der Waals surface area contributed by atoms with Gasteiger partial charge in [0.1, 0.15) is 0 Å². The number of aliphatic hydroxyl groups is 1. The van der Waals surface area contributed by atoms with Crippen molar-refractivity contribution in [3.8, 4) is 0 Å². The van der Waals surface area contributed by atoms with Crippen LogP contribution < -0.4 is 4.90 Å². The van der Waals surface area contributed by atoms with E-state index in [0.29, 0.717) is 5.92 Å². The molecule has 0 bridgehead atoms. The van der Waals surface area contributed by atoms with Gasteiger partial charge < -0.3 is 10.0 Å². The Kier molecular flexibility index (Phi) is 5.01. The molecule has 0 aliphatic rings. The molecule has 4 heteroatoms. The van der Waals surface area contributed by atoms with Gasteiger partial charge in [-0.05, 0) is 49.4 Å². The molecular formula is C17H24N2OS. The van der Waals surface area contributed by atoms with Gasteiger partial charge in [0, 0.05) is 12.7 Å².